The largest absolute Gasteiger partial charge is 0.493 e. The Morgan fingerprint density at radius 2 is 1.81 bits per heavy atom. The van der Waals surface area contributed by atoms with Gasteiger partial charge >= 0.3 is 5.97 Å². The molecule has 7 heteroatoms. The van der Waals surface area contributed by atoms with E-state index in [0.717, 1.165) is 0 Å². The lowest BCUT2D eigenvalue weighted by Gasteiger charge is -2.20. The number of methoxy groups -OCH3 is 4. The molecule has 0 aliphatic heterocycles. The summed E-state index contributed by atoms with van der Waals surface area (Å²) < 4.78 is 20.7. The molecule has 0 heterocycles. The fourth-order valence-electron chi connectivity index (χ4n) is 1.99. The van der Waals surface area contributed by atoms with Crippen LogP contribution in [0.3, 0.4) is 0 Å². The lowest BCUT2D eigenvalue weighted by molar-refractivity contribution is -0.139. The van der Waals surface area contributed by atoms with Crippen LogP contribution in [-0.2, 0) is 9.53 Å². The van der Waals surface area contributed by atoms with Crippen molar-refractivity contribution >= 4 is 5.97 Å². The molecular formula is C14H21NO6. The molecular weight excluding hydrogens is 278 g/mol. The molecule has 0 aromatic heterocycles. The Bertz CT molecular complexity index is 477. The molecule has 0 spiro atoms. The maximum atomic E-state index is 11.5. The van der Waals surface area contributed by atoms with Crippen molar-refractivity contribution < 1.29 is 28.8 Å². The van der Waals surface area contributed by atoms with Crippen molar-refractivity contribution in [3.05, 3.63) is 17.7 Å². The third-order valence-electron chi connectivity index (χ3n) is 2.95. The van der Waals surface area contributed by atoms with Gasteiger partial charge < -0.3 is 24.1 Å². The van der Waals surface area contributed by atoms with Gasteiger partial charge in [-0.1, -0.05) is 0 Å². The zero-order chi connectivity index (χ0) is 15.8. The van der Waals surface area contributed by atoms with Crippen molar-refractivity contribution in [3.8, 4) is 17.2 Å². The van der Waals surface area contributed by atoms with Crippen LogP contribution in [0, 0.1) is 0 Å². The highest BCUT2D eigenvalue weighted by Gasteiger charge is 2.26. The number of aliphatic carboxylic acids is 1. The minimum atomic E-state index is -1.02. The Hall–Kier alpha value is -1.99. The molecule has 1 rings (SSSR count). The van der Waals surface area contributed by atoms with Crippen LogP contribution in [0.15, 0.2) is 12.1 Å². The summed E-state index contributed by atoms with van der Waals surface area (Å²) in [6.07, 6.45) is 0. The molecule has 7 nitrogen and oxygen atoms in total. The molecule has 0 aliphatic carbocycles. The first-order chi connectivity index (χ1) is 10.1. The molecule has 21 heavy (non-hydrogen) atoms. The highest BCUT2D eigenvalue weighted by atomic mass is 16.5. The number of hydrogen-bond donors (Lipinski definition) is 2. The van der Waals surface area contributed by atoms with Gasteiger partial charge in [-0.2, -0.15) is 0 Å². The Balaban J connectivity index is 3.21. The predicted octanol–water partition coefficient (Wildman–Crippen LogP) is 1.07. The highest BCUT2D eigenvalue weighted by Crippen LogP contribution is 2.42. The van der Waals surface area contributed by atoms with E-state index in [4.69, 9.17) is 18.9 Å². The van der Waals surface area contributed by atoms with Crippen molar-refractivity contribution in [1.29, 1.82) is 0 Å². The number of carboxylic acid groups (broad SMARTS) is 1. The third-order valence-corrected chi connectivity index (χ3v) is 2.95. The molecule has 2 N–H and O–H groups in total. The number of rotatable bonds is 9. The highest BCUT2D eigenvalue weighted by molar-refractivity contribution is 5.78. The van der Waals surface area contributed by atoms with Crippen molar-refractivity contribution in [1.82, 2.24) is 5.32 Å². The van der Waals surface area contributed by atoms with E-state index in [1.54, 1.807) is 19.2 Å². The van der Waals surface area contributed by atoms with E-state index in [1.165, 1.54) is 21.3 Å². The van der Waals surface area contributed by atoms with E-state index in [1.807, 2.05) is 0 Å². The predicted molar refractivity (Wildman–Crippen MR) is 76.4 cm³/mol. The number of nitrogens with one attached hydrogen (secondary N) is 1. The van der Waals surface area contributed by atoms with Gasteiger partial charge in [0, 0.05) is 19.2 Å². The first-order valence-electron chi connectivity index (χ1n) is 6.34. The molecule has 0 bridgehead atoms. The number of benzene rings is 1. The third kappa shape index (κ3) is 3.99. The van der Waals surface area contributed by atoms with Gasteiger partial charge in [-0.25, -0.2) is 0 Å². The molecule has 0 fully saturated rings. The summed E-state index contributed by atoms with van der Waals surface area (Å²) in [4.78, 5) is 11.5. The van der Waals surface area contributed by atoms with Gasteiger partial charge in [0.15, 0.2) is 11.5 Å². The molecule has 1 atom stereocenters. The first-order valence-corrected chi connectivity index (χ1v) is 6.34. The molecule has 1 aromatic rings. The van der Waals surface area contributed by atoms with Crippen LogP contribution < -0.4 is 19.5 Å². The van der Waals surface area contributed by atoms with Gasteiger partial charge in [0.05, 0.1) is 27.9 Å². The van der Waals surface area contributed by atoms with E-state index in [2.05, 4.69) is 5.32 Å². The summed E-state index contributed by atoms with van der Waals surface area (Å²) in [5, 5.41) is 12.3. The molecule has 0 saturated heterocycles. The van der Waals surface area contributed by atoms with Crippen molar-refractivity contribution in [2.45, 2.75) is 6.04 Å². The molecule has 0 amide bonds. The number of carboxylic acids is 1. The first kappa shape index (κ1) is 17.1. The summed E-state index contributed by atoms with van der Waals surface area (Å²) in [5.41, 5.74) is 0.457. The van der Waals surface area contributed by atoms with Crippen LogP contribution in [0.2, 0.25) is 0 Å². The van der Waals surface area contributed by atoms with Gasteiger partial charge in [0.1, 0.15) is 6.04 Å². The summed E-state index contributed by atoms with van der Waals surface area (Å²) in [6.45, 7) is 0.796. The lowest BCUT2D eigenvalue weighted by atomic mass is 10.0. The van der Waals surface area contributed by atoms with E-state index in [0.29, 0.717) is 36.0 Å². The van der Waals surface area contributed by atoms with Crippen molar-refractivity contribution in [2.75, 3.05) is 41.6 Å². The second-order valence-corrected chi connectivity index (χ2v) is 4.14. The minimum absolute atomic E-state index is 0.328. The average molecular weight is 299 g/mol. The zero-order valence-electron chi connectivity index (χ0n) is 12.6. The van der Waals surface area contributed by atoms with Crippen molar-refractivity contribution in [2.24, 2.45) is 0 Å². The fraction of sp³-hybridized carbons (Fsp3) is 0.500. The molecule has 0 saturated carbocycles. The van der Waals surface area contributed by atoms with Gasteiger partial charge in [0.25, 0.3) is 0 Å². The maximum Gasteiger partial charge on any atom is 0.325 e. The van der Waals surface area contributed by atoms with Crippen LogP contribution in [0.5, 0.6) is 17.2 Å². The van der Waals surface area contributed by atoms with E-state index >= 15 is 0 Å². The van der Waals surface area contributed by atoms with Gasteiger partial charge in [-0.15, -0.1) is 0 Å². The number of ether oxygens (including phenoxy) is 4. The normalized spacial score (nSPS) is 11.8. The second kappa shape index (κ2) is 8.33. The smallest absolute Gasteiger partial charge is 0.325 e. The van der Waals surface area contributed by atoms with Gasteiger partial charge in [-0.3, -0.25) is 10.1 Å². The summed E-state index contributed by atoms with van der Waals surface area (Å²) >= 11 is 0. The average Bonchev–Trinajstić information content (AvgIpc) is 2.49. The SMILES string of the molecule is COCCNC(C(=O)O)c1ccc(OC)c(OC)c1OC. The maximum absolute atomic E-state index is 11.5. The van der Waals surface area contributed by atoms with Crippen LogP contribution in [0.25, 0.3) is 0 Å². The Kier molecular flexibility index (Phi) is 6.77. The Labute approximate surface area is 123 Å². The molecule has 0 aliphatic rings. The van der Waals surface area contributed by atoms with Crippen LogP contribution >= 0.6 is 0 Å². The van der Waals surface area contributed by atoms with Crippen LogP contribution in [0.4, 0.5) is 0 Å². The standard InChI is InChI=1S/C14H21NO6/c1-18-8-7-15-11(14(16)17)9-5-6-10(19-2)13(21-4)12(9)20-3/h5-6,11,15H,7-8H2,1-4H3,(H,16,17). The van der Waals surface area contributed by atoms with Gasteiger partial charge in [-0.05, 0) is 12.1 Å². The summed E-state index contributed by atoms with van der Waals surface area (Å²) in [5.74, 6) is 0.141. The van der Waals surface area contributed by atoms with Crippen LogP contribution in [0.1, 0.15) is 11.6 Å². The Morgan fingerprint density at radius 1 is 1.14 bits per heavy atom. The minimum Gasteiger partial charge on any atom is -0.493 e. The quantitative estimate of drug-likeness (QED) is 0.660. The number of hydrogen-bond acceptors (Lipinski definition) is 6. The molecule has 1 unspecified atom stereocenters. The van der Waals surface area contributed by atoms with E-state index in [9.17, 15) is 9.90 Å². The zero-order valence-corrected chi connectivity index (χ0v) is 12.6. The molecule has 1 aromatic carbocycles. The number of carbonyl (C=O) groups is 1. The van der Waals surface area contributed by atoms with Crippen LogP contribution in [-0.4, -0.2) is 52.7 Å². The topological polar surface area (TPSA) is 86.3 Å². The summed E-state index contributed by atoms with van der Waals surface area (Å²) in [7, 11) is 5.98. The monoisotopic (exact) mass is 299 g/mol. The fourth-order valence-corrected chi connectivity index (χ4v) is 1.99. The van der Waals surface area contributed by atoms with E-state index in [-0.39, 0.29) is 0 Å². The second-order valence-electron chi connectivity index (χ2n) is 4.14. The van der Waals surface area contributed by atoms with E-state index < -0.39 is 12.0 Å². The summed E-state index contributed by atoms with van der Waals surface area (Å²) in [6, 6.07) is 2.35. The lowest BCUT2D eigenvalue weighted by Crippen LogP contribution is -2.31. The van der Waals surface area contributed by atoms with Gasteiger partial charge in [0.2, 0.25) is 5.75 Å². The van der Waals surface area contributed by atoms with Crippen molar-refractivity contribution in [3.63, 3.8) is 0 Å². The molecule has 118 valence electrons. The molecule has 0 radical (unpaired) electrons. The Morgan fingerprint density at radius 3 is 2.29 bits per heavy atom.